The molecule has 0 aliphatic carbocycles. The van der Waals surface area contributed by atoms with Crippen LogP contribution in [0.3, 0.4) is 0 Å². The smallest absolute Gasteiger partial charge is 0.235 e. The lowest BCUT2D eigenvalue weighted by atomic mass is 10.2. The maximum absolute atomic E-state index is 12.4. The number of rotatable bonds is 6. The van der Waals surface area contributed by atoms with Crippen LogP contribution < -0.4 is 14.5 Å². The van der Waals surface area contributed by atoms with E-state index in [0.717, 1.165) is 12.1 Å². The van der Waals surface area contributed by atoms with Gasteiger partial charge in [0.05, 0.1) is 11.4 Å². The molecular formula is C21H27N3O3S. The number of benzene rings is 2. The molecule has 1 N–H and O–H groups in total. The Bertz CT molecular complexity index is 943. The second-order valence-corrected chi connectivity index (χ2v) is 9.22. The minimum Gasteiger partial charge on any atom is -0.374 e. The summed E-state index contributed by atoms with van der Waals surface area (Å²) in [6.45, 7) is 3.12. The van der Waals surface area contributed by atoms with Gasteiger partial charge in [-0.25, -0.2) is 8.42 Å². The van der Waals surface area contributed by atoms with Gasteiger partial charge in [0.25, 0.3) is 0 Å². The molecule has 1 saturated heterocycles. The van der Waals surface area contributed by atoms with Gasteiger partial charge in [-0.1, -0.05) is 18.2 Å². The molecule has 0 atom stereocenters. The van der Waals surface area contributed by atoms with Crippen LogP contribution in [0.4, 0.5) is 17.1 Å². The van der Waals surface area contributed by atoms with Crippen LogP contribution >= 0.6 is 0 Å². The Hall–Kier alpha value is -2.54. The molecule has 2 aromatic rings. The van der Waals surface area contributed by atoms with Gasteiger partial charge >= 0.3 is 0 Å². The second kappa shape index (κ2) is 8.65. The van der Waals surface area contributed by atoms with Crippen molar-refractivity contribution in [2.24, 2.45) is 0 Å². The van der Waals surface area contributed by atoms with Crippen molar-refractivity contribution in [1.29, 1.82) is 0 Å². The molecule has 0 radical (unpaired) electrons. The standard InChI is InChI=1S/C21H27N3O3S/c1-17-7-5-9-19(15-17)23(2)13-11-21(25)22-18-8-6-10-20(16-18)24-12-3-4-14-28(24,26)27/h5-10,15-16H,3-4,11-14H2,1-2H3,(H,22,25). The topological polar surface area (TPSA) is 69.7 Å². The number of aryl methyl sites for hydroxylation is 1. The molecule has 1 amide bonds. The normalized spacial score (nSPS) is 15.9. The predicted octanol–water partition coefficient (Wildman–Crippen LogP) is 3.39. The van der Waals surface area contributed by atoms with Crippen LogP contribution in [0.15, 0.2) is 48.5 Å². The average molecular weight is 402 g/mol. The minimum absolute atomic E-state index is 0.0989. The fourth-order valence-corrected chi connectivity index (χ4v) is 4.94. The molecular weight excluding hydrogens is 374 g/mol. The average Bonchev–Trinajstić information content (AvgIpc) is 2.66. The van der Waals surface area contributed by atoms with Gasteiger partial charge in [-0.05, 0) is 55.7 Å². The van der Waals surface area contributed by atoms with Gasteiger partial charge in [0.2, 0.25) is 15.9 Å². The summed E-state index contributed by atoms with van der Waals surface area (Å²) in [5.41, 5.74) is 3.47. The fourth-order valence-electron chi connectivity index (χ4n) is 3.30. The molecule has 6 nitrogen and oxygen atoms in total. The van der Waals surface area contributed by atoms with Crippen LogP contribution in [0, 0.1) is 6.92 Å². The first kappa shape index (κ1) is 20.2. The van der Waals surface area contributed by atoms with E-state index >= 15 is 0 Å². The zero-order chi connectivity index (χ0) is 20.1. The summed E-state index contributed by atoms with van der Waals surface area (Å²) >= 11 is 0. The molecule has 2 aromatic carbocycles. The monoisotopic (exact) mass is 401 g/mol. The molecule has 1 aliphatic rings. The summed E-state index contributed by atoms with van der Waals surface area (Å²) in [5, 5.41) is 2.88. The van der Waals surface area contributed by atoms with E-state index in [-0.39, 0.29) is 11.7 Å². The van der Waals surface area contributed by atoms with E-state index in [9.17, 15) is 13.2 Å². The molecule has 150 valence electrons. The number of carbonyl (C=O) groups is 1. The molecule has 7 heteroatoms. The van der Waals surface area contributed by atoms with Crippen molar-refractivity contribution in [3.63, 3.8) is 0 Å². The lowest BCUT2D eigenvalue weighted by molar-refractivity contribution is -0.116. The highest BCUT2D eigenvalue weighted by atomic mass is 32.2. The fraction of sp³-hybridized carbons (Fsp3) is 0.381. The number of nitrogens with one attached hydrogen (secondary N) is 1. The van der Waals surface area contributed by atoms with E-state index < -0.39 is 10.0 Å². The predicted molar refractivity (Wildman–Crippen MR) is 115 cm³/mol. The lowest BCUT2D eigenvalue weighted by Crippen LogP contribution is -2.37. The van der Waals surface area contributed by atoms with Gasteiger partial charge in [0, 0.05) is 37.9 Å². The van der Waals surface area contributed by atoms with E-state index in [2.05, 4.69) is 11.4 Å². The first-order valence-corrected chi connectivity index (χ1v) is 11.1. The highest BCUT2D eigenvalue weighted by Crippen LogP contribution is 2.26. The van der Waals surface area contributed by atoms with Gasteiger partial charge < -0.3 is 10.2 Å². The number of hydrogen-bond acceptors (Lipinski definition) is 4. The third kappa shape index (κ3) is 5.04. The van der Waals surface area contributed by atoms with E-state index in [0.29, 0.717) is 37.3 Å². The van der Waals surface area contributed by atoms with E-state index in [4.69, 9.17) is 0 Å². The molecule has 0 spiro atoms. The number of nitrogens with zero attached hydrogens (tertiary/aromatic N) is 2. The third-order valence-electron chi connectivity index (χ3n) is 4.88. The second-order valence-electron chi connectivity index (χ2n) is 7.20. The Labute approximate surface area is 167 Å². The number of hydrogen-bond donors (Lipinski definition) is 1. The van der Waals surface area contributed by atoms with Crippen molar-refractivity contribution in [2.45, 2.75) is 26.2 Å². The van der Waals surface area contributed by atoms with Crippen molar-refractivity contribution in [2.75, 3.05) is 40.4 Å². The third-order valence-corrected chi connectivity index (χ3v) is 6.75. The summed E-state index contributed by atoms with van der Waals surface area (Å²) in [7, 11) is -1.30. The van der Waals surface area contributed by atoms with E-state index in [1.807, 2.05) is 37.1 Å². The summed E-state index contributed by atoms with van der Waals surface area (Å²) < 4.78 is 26.0. The van der Waals surface area contributed by atoms with Crippen molar-refractivity contribution >= 4 is 33.0 Å². The maximum atomic E-state index is 12.4. The molecule has 3 rings (SSSR count). The minimum atomic E-state index is -3.26. The zero-order valence-corrected chi connectivity index (χ0v) is 17.2. The van der Waals surface area contributed by atoms with Crippen LogP contribution in [0.1, 0.15) is 24.8 Å². The molecule has 0 saturated carbocycles. The Kier molecular flexibility index (Phi) is 6.24. The summed E-state index contributed by atoms with van der Waals surface area (Å²) in [6.07, 6.45) is 1.89. The molecule has 1 aliphatic heterocycles. The summed E-state index contributed by atoms with van der Waals surface area (Å²) in [4.78, 5) is 14.4. The maximum Gasteiger partial charge on any atom is 0.235 e. The van der Waals surface area contributed by atoms with Crippen molar-refractivity contribution in [3.8, 4) is 0 Å². The first-order valence-electron chi connectivity index (χ1n) is 9.53. The SMILES string of the molecule is Cc1cccc(N(C)CCC(=O)Nc2cccc(N3CCCCS3(=O)=O)c2)c1. The van der Waals surface area contributed by atoms with Crippen molar-refractivity contribution in [1.82, 2.24) is 0 Å². The van der Waals surface area contributed by atoms with Gasteiger partial charge in [0.15, 0.2) is 0 Å². The highest BCUT2D eigenvalue weighted by molar-refractivity contribution is 7.92. The van der Waals surface area contributed by atoms with Crippen LogP contribution in [0.2, 0.25) is 0 Å². The quantitative estimate of drug-likeness (QED) is 0.806. The number of sulfonamides is 1. The molecule has 0 unspecified atom stereocenters. The lowest BCUT2D eigenvalue weighted by Gasteiger charge is -2.28. The molecule has 28 heavy (non-hydrogen) atoms. The summed E-state index contributed by atoms with van der Waals surface area (Å²) in [5.74, 6) is 0.0765. The number of anilines is 3. The Morgan fingerprint density at radius 3 is 2.68 bits per heavy atom. The molecule has 1 fully saturated rings. The Morgan fingerprint density at radius 1 is 1.14 bits per heavy atom. The first-order chi connectivity index (χ1) is 13.3. The van der Waals surface area contributed by atoms with Gasteiger partial charge in [0.1, 0.15) is 0 Å². The molecule has 1 heterocycles. The van der Waals surface area contributed by atoms with E-state index in [1.54, 1.807) is 24.3 Å². The number of carbonyl (C=O) groups excluding carboxylic acids is 1. The van der Waals surface area contributed by atoms with Crippen molar-refractivity contribution < 1.29 is 13.2 Å². The Balaban J connectivity index is 1.60. The largest absolute Gasteiger partial charge is 0.374 e. The van der Waals surface area contributed by atoms with Crippen molar-refractivity contribution in [3.05, 3.63) is 54.1 Å². The number of amides is 1. The zero-order valence-electron chi connectivity index (χ0n) is 16.4. The Morgan fingerprint density at radius 2 is 1.93 bits per heavy atom. The van der Waals surface area contributed by atoms with Crippen LogP contribution in [0.5, 0.6) is 0 Å². The van der Waals surface area contributed by atoms with Gasteiger partial charge in [-0.15, -0.1) is 0 Å². The van der Waals surface area contributed by atoms with Gasteiger partial charge in [-0.3, -0.25) is 9.10 Å². The van der Waals surface area contributed by atoms with Gasteiger partial charge in [-0.2, -0.15) is 0 Å². The molecule has 0 aromatic heterocycles. The summed E-state index contributed by atoms with van der Waals surface area (Å²) in [6, 6.07) is 15.2. The van der Waals surface area contributed by atoms with Crippen LogP contribution in [0.25, 0.3) is 0 Å². The molecule has 0 bridgehead atoms. The van der Waals surface area contributed by atoms with Crippen LogP contribution in [-0.2, 0) is 14.8 Å². The van der Waals surface area contributed by atoms with Crippen LogP contribution in [-0.4, -0.2) is 40.2 Å². The highest BCUT2D eigenvalue weighted by Gasteiger charge is 2.26. The van der Waals surface area contributed by atoms with E-state index in [1.165, 1.54) is 9.87 Å².